The van der Waals surface area contributed by atoms with Gasteiger partial charge in [0.05, 0.1) is 6.42 Å². The Morgan fingerprint density at radius 2 is 1.89 bits per heavy atom. The number of carbonyl (C=O) groups excluding carboxylic acids is 2. The second kappa shape index (κ2) is 7.49. The number of primary amides is 1. The van der Waals surface area contributed by atoms with Crippen molar-refractivity contribution in [2.24, 2.45) is 5.73 Å². The number of carbonyl (C=O) groups is 3. The maximum absolute atomic E-state index is 11.4. The lowest BCUT2D eigenvalue weighted by Crippen LogP contribution is -2.49. The molecule has 2 atom stereocenters. The largest absolute Gasteiger partial charge is 0.480 e. The first-order valence-corrected chi connectivity index (χ1v) is 5.46. The highest BCUT2D eigenvalue weighted by Crippen LogP contribution is 1.92. The molecule has 0 bridgehead atoms. The molecule has 0 aromatic rings. The minimum atomic E-state index is -1.31. The summed E-state index contributed by atoms with van der Waals surface area (Å²) in [5, 5.41) is 13.5. The normalized spacial score (nSPS) is 13.8. The van der Waals surface area contributed by atoms with Crippen LogP contribution in [0.1, 0.15) is 13.3 Å². The lowest BCUT2D eigenvalue weighted by atomic mass is 10.2. The lowest BCUT2D eigenvalue weighted by molar-refractivity contribution is -0.140. The van der Waals surface area contributed by atoms with Gasteiger partial charge in [0, 0.05) is 12.6 Å². The molecule has 104 valence electrons. The number of nitrogens with one attached hydrogen (secondary N) is 2. The maximum Gasteiger partial charge on any atom is 0.326 e. The molecule has 5 N–H and O–H groups in total. The van der Waals surface area contributed by atoms with Crippen molar-refractivity contribution >= 4 is 17.9 Å². The van der Waals surface area contributed by atoms with Crippen LogP contribution in [0, 0.1) is 0 Å². The summed E-state index contributed by atoms with van der Waals surface area (Å²) >= 11 is 0. The molecule has 0 aliphatic carbocycles. The van der Waals surface area contributed by atoms with E-state index in [0.29, 0.717) is 6.54 Å². The summed E-state index contributed by atoms with van der Waals surface area (Å²) in [7, 11) is 3.72. The summed E-state index contributed by atoms with van der Waals surface area (Å²) in [4.78, 5) is 34.7. The molecule has 0 heterocycles. The van der Waals surface area contributed by atoms with Crippen molar-refractivity contribution < 1.29 is 19.5 Å². The van der Waals surface area contributed by atoms with Gasteiger partial charge in [-0.25, -0.2) is 9.59 Å². The molecule has 0 aliphatic heterocycles. The van der Waals surface area contributed by atoms with Crippen molar-refractivity contribution in [2.75, 3.05) is 20.6 Å². The van der Waals surface area contributed by atoms with Gasteiger partial charge < -0.3 is 26.4 Å². The van der Waals surface area contributed by atoms with Gasteiger partial charge in [0.25, 0.3) is 0 Å². The average Bonchev–Trinajstić information content (AvgIpc) is 2.23. The number of aliphatic carboxylic acids is 1. The molecule has 18 heavy (non-hydrogen) atoms. The van der Waals surface area contributed by atoms with Gasteiger partial charge in [-0.15, -0.1) is 0 Å². The highest BCUT2D eigenvalue weighted by molar-refractivity contribution is 5.87. The van der Waals surface area contributed by atoms with Crippen LogP contribution in [0.25, 0.3) is 0 Å². The monoisotopic (exact) mass is 260 g/mol. The van der Waals surface area contributed by atoms with Crippen LogP contribution in [-0.2, 0) is 9.59 Å². The van der Waals surface area contributed by atoms with Gasteiger partial charge in [-0.2, -0.15) is 0 Å². The molecule has 8 heteroatoms. The first kappa shape index (κ1) is 16.2. The third kappa shape index (κ3) is 6.69. The Morgan fingerprint density at radius 1 is 1.33 bits per heavy atom. The molecule has 1 unspecified atom stereocenters. The Morgan fingerprint density at radius 3 is 2.28 bits per heavy atom. The van der Waals surface area contributed by atoms with Gasteiger partial charge in [0.2, 0.25) is 5.91 Å². The minimum Gasteiger partial charge on any atom is -0.480 e. The number of carboxylic acids is 1. The lowest BCUT2D eigenvalue weighted by Gasteiger charge is -2.21. The van der Waals surface area contributed by atoms with Crippen LogP contribution in [0.4, 0.5) is 4.79 Å². The maximum atomic E-state index is 11.4. The van der Waals surface area contributed by atoms with E-state index < -0.39 is 30.4 Å². The van der Waals surface area contributed by atoms with Gasteiger partial charge >= 0.3 is 12.0 Å². The van der Waals surface area contributed by atoms with Gasteiger partial charge in [0.15, 0.2) is 0 Å². The van der Waals surface area contributed by atoms with E-state index in [-0.39, 0.29) is 6.04 Å². The van der Waals surface area contributed by atoms with Crippen molar-refractivity contribution in [3.05, 3.63) is 0 Å². The number of hydrogen-bond donors (Lipinski definition) is 4. The molecule has 0 saturated heterocycles. The SMILES string of the molecule is CC(CNC(=O)N[C@@H](CC(N)=O)C(=O)O)N(C)C. The van der Waals surface area contributed by atoms with Crippen LogP contribution in [-0.4, -0.2) is 60.6 Å². The number of likely N-dealkylation sites (N-methyl/N-ethyl adjacent to an activating group) is 1. The van der Waals surface area contributed by atoms with E-state index in [4.69, 9.17) is 10.8 Å². The topological polar surface area (TPSA) is 125 Å². The van der Waals surface area contributed by atoms with E-state index in [0.717, 1.165) is 0 Å². The first-order chi connectivity index (χ1) is 8.23. The second-order valence-electron chi connectivity index (χ2n) is 4.23. The highest BCUT2D eigenvalue weighted by atomic mass is 16.4. The molecular formula is C10H20N4O4. The zero-order valence-corrected chi connectivity index (χ0v) is 10.8. The van der Waals surface area contributed by atoms with Crippen LogP contribution in [0.3, 0.4) is 0 Å². The number of hydrogen-bond acceptors (Lipinski definition) is 4. The average molecular weight is 260 g/mol. The third-order valence-electron chi connectivity index (χ3n) is 2.45. The molecule has 3 amide bonds. The minimum absolute atomic E-state index is 0.107. The standard InChI is InChI=1S/C10H20N4O4/c1-6(14(2)3)5-12-10(18)13-7(9(16)17)4-8(11)15/h6-7H,4-5H2,1-3H3,(H2,11,15)(H,16,17)(H2,12,13,18)/t6?,7-/m0/s1. The number of amides is 3. The number of rotatable bonds is 7. The van der Waals surface area contributed by atoms with E-state index in [1.807, 2.05) is 25.9 Å². The highest BCUT2D eigenvalue weighted by Gasteiger charge is 2.22. The summed E-state index contributed by atoms with van der Waals surface area (Å²) in [6.07, 6.45) is -0.439. The molecule has 0 saturated carbocycles. The zero-order valence-electron chi connectivity index (χ0n) is 10.8. The van der Waals surface area contributed by atoms with Crippen LogP contribution in [0.2, 0.25) is 0 Å². The second-order valence-corrected chi connectivity index (χ2v) is 4.23. The fraction of sp³-hybridized carbons (Fsp3) is 0.700. The summed E-state index contributed by atoms with van der Waals surface area (Å²) in [6.45, 7) is 2.26. The smallest absolute Gasteiger partial charge is 0.326 e. The molecule has 8 nitrogen and oxygen atoms in total. The number of urea groups is 1. The molecule has 0 aliphatic rings. The fourth-order valence-electron chi connectivity index (χ4n) is 1.03. The van der Waals surface area contributed by atoms with Crippen molar-refractivity contribution in [3.63, 3.8) is 0 Å². The number of nitrogens with zero attached hydrogens (tertiary/aromatic N) is 1. The Balaban J connectivity index is 4.18. The zero-order chi connectivity index (χ0) is 14.3. The quantitative estimate of drug-likeness (QED) is 0.446. The molecular weight excluding hydrogens is 240 g/mol. The van der Waals surface area contributed by atoms with E-state index in [1.54, 1.807) is 0 Å². The molecule has 0 aromatic carbocycles. The van der Waals surface area contributed by atoms with Crippen molar-refractivity contribution in [2.45, 2.75) is 25.4 Å². The van der Waals surface area contributed by atoms with Crippen LogP contribution >= 0.6 is 0 Å². The summed E-state index contributed by atoms with van der Waals surface area (Å²) in [6, 6.07) is -1.84. The summed E-state index contributed by atoms with van der Waals surface area (Å²) < 4.78 is 0. The van der Waals surface area contributed by atoms with Crippen molar-refractivity contribution in [1.29, 1.82) is 0 Å². The molecule has 0 rings (SSSR count). The van der Waals surface area contributed by atoms with Crippen LogP contribution in [0.5, 0.6) is 0 Å². The van der Waals surface area contributed by atoms with E-state index in [2.05, 4.69) is 10.6 Å². The fourth-order valence-corrected chi connectivity index (χ4v) is 1.03. The molecule has 0 fully saturated rings. The summed E-state index contributed by atoms with van der Waals surface area (Å²) in [5.41, 5.74) is 4.89. The molecule has 0 spiro atoms. The molecule has 0 radical (unpaired) electrons. The van der Waals surface area contributed by atoms with Crippen molar-refractivity contribution in [1.82, 2.24) is 15.5 Å². The number of nitrogens with two attached hydrogens (primary N) is 1. The van der Waals surface area contributed by atoms with Gasteiger partial charge in [-0.3, -0.25) is 4.79 Å². The number of carboxylic acid groups (broad SMARTS) is 1. The summed E-state index contributed by atoms with van der Waals surface area (Å²) in [5.74, 6) is -2.09. The van der Waals surface area contributed by atoms with E-state index in [1.165, 1.54) is 0 Å². The Kier molecular flexibility index (Phi) is 6.73. The van der Waals surface area contributed by atoms with Gasteiger partial charge in [0.1, 0.15) is 6.04 Å². The van der Waals surface area contributed by atoms with Crippen LogP contribution < -0.4 is 16.4 Å². The van der Waals surface area contributed by atoms with Crippen LogP contribution in [0.15, 0.2) is 0 Å². The van der Waals surface area contributed by atoms with Gasteiger partial charge in [-0.1, -0.05) is 0 Å². The van der Waals surface area contributed by atoms with E-state index in [9.17, 15) is 14.4 Å². The Bertz CT molecular complexity index is 319. The third-order valence-corrected chi connectivity index (χ3v) is 2.45. The molecule has 0 aromatic heterocycles. The Hall–Kier alpha value is -1.83. The predicted octanol–water partition coefficient (Wildman–Crippen LogP) is -1.44. The van der Waals surface area contributed by atoms with Crippen molar-refractivity contribution in [3.8, 4) is 0 Å². The van der Waals surface area contributed by atoms with Gasteiger partial charge in [-0.05, 0) is 21.0 Å². The Labute approximate surface area is 106 Å². The predicted molar refractivity (Wildman–Crippen MR) is 64.9 cm³/mol. The van der Waals surface area contributed by atoms with E-state index >= 15 is 0 Å². The first-order valence-electron chi connectivity index (χ1n) is 5.46.